The zero-order valence-electron chi connectivity index (χ0n) is 15.9. The Balaban J connectivity index is 2.18. The molecule has 1 amide bonds. The van der Waals surface area contributed by atoms with Gasteiger partial charge in [-0.3, -0.25) is 0 Å². The molecule has 1 aromatic rings. The van der Waals surface area contributed by atoms with Gasteiger partial charge in [-0.05, 0) is 38.4 Å². The van der Waals surface area contributed by atoms with Crippen molar-refractivity contribution in [1.82, 2.24) is 9.21 Å². The summed E-state index contributed by atoms with van der Waals surface area (Å²) in [7, 11) is -4.40. The van der Waals surface area contributed by atoms with E-state index in [1.165, 1.54) is 34.5 Å². The number of sulfonamides is 1. The summed E-state index contributed by atoms with van der Waals surface area (Å²) in [5, 5.41) is 18.6. The molecule has 1 heterocycles. The number of nitrogens with zero attached hydrogens (tertiary/aromatic N) is 2. The van der Waals surface area contributed by atoms with Gasteiger partial charge in [0, 0.05) is 26.2 Å². The predicted molar refractivity (Wildman–Crippen MR) is 99.4 cm³/mol. The van der Waals surface area contributed by atoms with E-state index in [-0.39, 0.29) is 42.3 Å². The van der Waals surface area contributed by atoms with E-state index >= 15 is 0 Å². The van der Waals surface area contributed by atoms with E-state index in [1.807, 2.05) is 0 Å². The first-order valence-electron chi connectivity index (χ1n) is 8.48. The van der Waals surface area contributed by atoms with Crippen LogP contribution in [0.1, 0.15) is 20.8 Å². The number of piperazine rings is 1. The normalized spacial score (nSPS) is 16.1. The Morgan fingerprint density at radius 1 is 1.15 bits per heavy atom. The Kier molecular flexibility index (Phi) is 6.41. The first-order valence-corrected chi connectivity index (χ1v) is 9.92. The van der Waals surface area contributed by atoms with Gasteiger partial charge in [-0.2, -0.15) is 4.31 Å². The average molecular weight is 400 g/mol. The van der Waals surface area contributed by atoms with Crippen LogP contribution in [-0.4, -0.2) is 79.8 Å². The summed E-state index contributed by atoms with van der Waals surface area (Å²) in [4.78, 5) is 13.4. The highest BCUT2D eigenvalue weighted by atomic mass is 32.2. The predicted octanol–water partition coefficient (Wildman–Crippen LogP) is -0.384. The van der Waals surface area contributed by atoms with Gasteiger partial charge in [0.1, 0.15) is 16.2 Å². The molecule has 2 rings (SSSR count). The van der Waals surface area contributed by atoms with Gasteiger partial charge in [0.15, 0.2) is 0 Å². The van der Waals surface area contributed by atoms with Crippen molar-refractivity contribution in [3.8, 4) is 5.75 Å². The molecule has 0 aliphatic carbocycles. The van der Waals surface area contributed by atoms with Crippen LogP contribution in [0, 0.1) is 0 Å². The molecule has 0 unspecified atom stereocenters. The molecule has 1 aromatic carbocycles. The first kappa shape index (κ1) is 21.5. The Hall–Kier alpha value is -1.82. The van der Waals surface area contributed by atoms with E-state index < -0.39 is 28.8 Å². The highest BCUT2D eigenvalue weighted by Crippen LogP contribution is 2.26. The number of carbonyl (C=O) groups excluding carboxylic acids is 1. The molecule has 0 bridgehead atoms. The van der Waals surface area contributed by atoms with Crippen LogP contribution in [0.5, 0.6) is 5.75 Å². The minimum Gasteiger partial charge on any atom is -0.495 e. The van der Waals surface area contributed by atoms with Crippen molar-refractivity contribution >= 4 is 28.7 Å². The maximum absolute atomic E-state index is 13.0. The third kappa shape index (κ3) is 5.13. The molecule has 1 saturated heterocycles. The number of hydrogen-bond acceptors (Lipinski definition) is 7. The Labute approximate surface area is 159 Å². The second kappa shape index (κ2) is 8.05. The van der Waals surface area contributed by atoms with Crippen LogP contribution >= 0.6 is 0 Å². The molecule has 0 atom stereocenters. The smallest absolute Gasteiger partial charge is 0.488 e. The molecule has 11 heteroatoms. The molecule has 1 fully saturated rings. The van der Waals surface area contributed by atoms with Crippen LogP contribution in [0.4, 0.5) is 4.79 Å². The monoisotopic (exact) mass is 400 g/mol. The molecule has 1 aliphatic heterocycles. The molecule has 1 aliphatic rings. The summed E-state index contributed by atoms with van der Waals surface area (Å²) in [5.74, 6) is 0.106. The van der Waals surface area contributed by atoms with E-state index in [4.69, 9.17) is 9.47 Å². The zero-order valence-corrected chi connectivity index (χ0v) is 16.7. The largest absolute Gasteiger partial charge is 0.495 e. The quantitative estimate of drug-likeness (QED) is 0.662. The lowest BCUT2D eigenvalue weighted by atomic mass is 9.80. The molecule has 0 saturated carbocycles. The topological polar surface area (TPSA) is 117 Å². The van der Waals surface area contributed by atoms with Crippen LogP contribution in [-0.2, 0) is 14.8 Å². The fourth-order valence-electron chi connectivity index (χ4n) is 2.63. The maximum atomic E-state index is 13.0. The summed E-state index contributed by atoms with van der Waals surface area (Å²) in [6, 6.07) is 3.93. The standard InChI is InChI=1S/C16H25BN2O7S/c1-16(2,3)26-15(20)18-7-9-19(10-8-18)27(23,24)14-11-12(17(21)22)5-6-13(14)25-4/h5-6,11,21-22H,7-10H2,1-4H3. The Bertz CT molecular complexity index is 784. The van der Waals surface area contributed by atoms with Crippen LogP contribution < -0.4 is 10.2 Å². The average Bonchev–Trinajstić information content (AvgIpc) is 2.59. The lowest BCUT2D eigenvalue weighted by Gasteiger charge is -2.35. The SMILES string of the molecule is COc1ccc(B(O)O)cc1S(=O)(=O)N1CCN(C(=O)OC(C)(C)C)CC1. The summed E-state index contributed by atoms with van der Waals surface area (Å²) in [5.41, 5.74) is -0.582. The fraction of sp³-hybridized carbons (Fsp3) is 0.562. The van der Waals surface area contributed by atoms with Gasteiger partial charge in [0.05, 0.1) is 7.11 Å². The minimum absolute atomic E-state index is 0.0433. The van der Waals surface area contributed by atoms with Crippen molar-refractivity contribution in [2.24, 2.45) is 0 Å². The van der Waals surface area contributed by atoms with E-state index in [0.717, 1.165) is 0 Å². The summed E-state index contributed by atoms with van der Waals surface area (Å²) >= 11 is 0. The number of amides is 1. The lowest BCUT2D eigenvalue weighted by Crippen LogP contribution is -2.51. The molecule has 2 N–H and O–H groups in total. The molecule has 27 heavy (non-hydrogen) atoms. The maximum Gasteiger partial charge on any atom is 0.488 e. The number of ether oxygens (including phenoxy) is 2. The summed E-state index contributed by atoms with van der Waals surface area (Å²) in [6.45, 7) is 5.87. The van der Waals surface area contributed by atoms with E-state index in [0.29, 0.717) is 0 Å². The van der Waals surface area contributed by atoms with Gasteiger partial charge in [-0.25, -0.2) is 13.2 Å². The van der Waals surface area contributed by atoms with Gasteiger partial charge in [-0.15, -0.1) is 0 Å². The number of rotatable bonds is 4. The van der Waals surface area contributed by atoms with Crippen LogP contribution in [0.25, 0.3) is 0 Å². The Morgan fingerprint density at radius 3 is 2.22 bits per heavy atom. The van der Waals surface area contributed by atoms with E-state index in [1.54, 1.807) is 20.8 Å². The third-order valence-corrected chi connectivity index (χ3v) is 5.91. The van der Waals surface area contributed by atoms with Crippen molar-refractivity contribution in [2.75, 3.05) is 33.3 Å². The van der Waals surface area contributed by atoms with E-state index in [9.17, 15) is 23.3 Å². The van der Waals surface area contributed by atoms with Gasteiger partial charge >= 0.3 is 13.2 Å². The summed E-state index contributed by atoms with van der Waals surface area (Å²) in [6.07, 6.45) is -0.484. The highest BCUT2D eigenvalue weighted by molar-refractivity contribution is 7.89. The molecule has 0 spiro atoms. The van der Waals surface area contributed by atoms with Gasteiger partial charge in [0.25, 0.3) is 0 Å². The molecular weight excluding hydrogens is 375 g/mol. The number of carbonyl (C=O) groups is 1. The second-order valence-corrected chi connectivity index (χ2v) is 9.06. The first-order chi connectivity index (χ1) is 12.5. The van der Waals surface area contributed by atoms with E-state index in [2.05, 4.69) is 0 Å². The second-order valence-electron chi connectivity index (χ2n) is 7.16. The van der Waals surface area contributed by atoms with Crippen molar-refractivity contribution in [1.29, 1.82) is 0 Å². The van der Waals surface area contributed by atoms with Gasteiger partial charge in [0.2, 0.25) is 10.0 Å². The van der Waals surface area contributed by atoms with Gasteiger partial charge in [-0.1, -0.05) is 6.07 Å². The van der Waals surface area contributed by atoms with Crippen molar-refractivity contribution < 1.29 is 32.7 Å². The van der Waals surface area contributed by atoms with Crippen LogP contribution in [0.2, 0.25) is 0 Å². The number of benzene rings is 1. The number of methoxy groups -OCH3 is 1. The van der Waals surface area contributed by atoms with Crippen LogP contribution in [0.3, 0.4) is 0 Å². The number of hydrogen-bond donors (Lipinski definition) is 2. The fourth-order valence-corrected chi connectivity index (χ4v) is 4.24. The molecule has 9 nitrogen and oxygen atoms in total. The Morgan fingerprint density at radius 2 is 1.74 bits per heavy atom. The molecule has 150 valence electrons. The van der Waals surface area contributed by atoms with Gasteiger partial charge < -0.3 is 24.4 Å². The zero-order chi connectivity index (χ0) is 20.4. The lowest BCUT2D eigenvalue weighted by molar-refractivity contribution is 0.0192. The molecule has 0 aromatic heterocycles. The summed E-state index contributed by atoms with van der Waals surface area (Å²) < 4.78 is 37.6. The van der Waals surface area contributed by atoms with Crippen molar-refractivity contribution in [3.63, 3.8) is 0 Å². The molecule has 0 radical (unpaired) electrons. The minimum atomic E-state index is -3.94. The van der Waals surface area contributed by atoms with Crippen molar-refractivity contribution in [2.45, 2.75) is 31.3 Å². The highest BCUT2D eigenvalue weighted by Gasteiger charge is 2.34. The third-order valence-electron chi connectivity index (χ3n) is 3.99. The van der Waals surface area contributed by atoms with Crippen LogP contribution in [0.15, 0.2) is 23.1 Å². The molecular formula is C16H25BN2O7S. The van der Waals surface area contributed by atoms with Crippen molar-refractivity contribution in [3.05, 3.63) is 18.2 Å².